The summed E-state index contributed by atoms with van der Waals surface area (Å²) >= 11 is 0. The summed E-state index contributed by atoms with van der Waals surface area (Å²) < 4.78 is 5.17. The molecule has 9 rings (SSSR count). The summed E-state index contributed by atoms with van der Waals surface area (Å²) in [5.74, 6) is 0. The average molecular weight is 947 g/mol. The van der Waals surface area contributed by atoms with Crippen molar-refractivity contribution >= 4 is 43.6 Å². The summed E-state index contributed by atoms with van der Waals surface area (Å²) in [5.41, 5.74) is 18.8. The summed E-state index contributed by atoms with van der Waals surface area (Å²) in [4.78, 5) is 0. The van der Waals surface area contributed by atoms with Gasteiger partial charge in [0.2, 0.25) is 0 Å². The van der Waals surface area contributed by atoms with Gasteiger partial charge in [-0.25, -0.2) is 0 Å². The highest BCUT2D eigenvalue weighted by Crippen LogP contribution is 2.55. The van der Waals surface area contributed by atoms with Crippen molar-refractivity contribution in [3.8, 4) is 45.8 Å². The first-order valence-electron chi connectivity index (χ1n) is 25.9. The van der Waals surface area contributed by atoms with E-state index in [2.05, 4.69) is 243 Å². The van der Waals surface area contributed by atoms with E-state index >= 15 is 0 Å². The molecule has 0 amide bonds. The number of rotatable bonds is 4. The fraction of sp³-hybridized carbons (Fsp3) is 0.353. The molecule has 0 radical (unpaired) electrons. The Morgan fingerprint density at radius 1 is 0.306 bits per heavy atom. The smallest absolute Gasteiger partial charge is 0.0991 e. The zero-order chi connectivity index (χ0) is 52.4. The van der Waals surface area contributed by atoms with Gasteiger partial charge in [0.25, 0.3) is 0 Å². The Morgan fingerprint density at radius 2 is 0.556 bits per heavy atom. The van der Waals surface area contributed by atoms with E-state index in [1.165, 1.54) is 54.9 Å². The van der Waals surface area contributed by atoms with Gasteiger partial charge >= 0.3 is 0 Å². The molecule has 4 heteroatoms. The fourth-order valence-corrected chi connectivity index (χ4v) is 11.0. The van der Waals surface area contributed by atoms with Crippen LogP contribution < -0.4 is 0 Å². The van der Waals surface area contributed by atoms with E-state index in [0.29, 0.717) is 11.1 Å². The minimum Gasteiger partial charge on any atom is -0.309 e. The molecule has 0 N–H and O–H groups in total. The summed E-state index contributed by atoms with van der Waals surface area (Å²) in [6, 6.07) is 49.9. The van der Waals surface area contributed by atoms with Crippen molar-refractivity contribution in [1.29, 1.82) is 10.5 Å². The Hall–Kier alpha value is -6.88. The maximum Gasteiger partial charge on any atom is 0.0991 e. The molecule has 0 aliphatic carbocycles. The van der Waals surface area contributed by atoms with Crippen molar-refractivity contribution in [3.05, 3.63) is 166 Å². The van der Waals surface area contributed by atoms with Gasteiger partial charge in [0.05, 0.1) is 56.7 Å². The lowest BCUT2D eigenvalue weighted by Crippen LogP contribution is -2.26. The van der Waals surface area contributed by atoms with Crippen LogP contribution in [0.25, 0.3) is 77.2 Å². The zero-order valence-electron chi connectivity index (χ0n) is 46.3. The molecule has 0 fully saturated rings. The van der Waals surface area contributed by atoms with Crippen molar-refractivity contribution in [2.75, 3.05) is 0 Å². The highest BCUT2D eigenvalue weighted by atomic mass is 15.0. The summed E-state index contributed by atoms with van der Waals surface area (Å²) in [7, 11) is 0. The van der Waals surface area contributed by atoms with Crippen LogP contribution in [-0.4, -0.2) is 9.13 Å². The van der Waals surface area contributed by atoms with Gasteiger partial charge in [-0.15, -0.1) is 0 Å². The van der Waals surface area contributed by atoms with Crippen molar-refractivity contribution < 1.29 is 0 Å². The van der Waals surface area contributed by atoms with Crippen LogP contribution in [0.3, 0.4) is 0 Å². The molecule has 0 atom stereocenters. The third-order valence-corrected chi connectivity index (χ3v) is 15.0. The molecule has 0 saturated heterocycles. The third kappa shape index (κ3) is 8.52. The van der Waals surface area contributed by atoms with Crippen LogP contribution in [0.5, 0.6) is 0 Å². The second-order valence-electron chi connectivity index (χ2n) is 26.7. The first kappa shape index (κ1) is 50.1. The van der Waals surface area contributed by atoms with Crippen LogP contribution in [0.1, 0.15) is 169 Å². The maximum atomic E-state index is 10.3. The lowest BCUT2D eigenvalue weighted by atomic mass is 9.71. The quantitative estimate of drug-likeness (QED) is 0.176. The Morgan fingerprint density at radius 3 is 0.778 bits per heavy atom. The molecule has 366 valence electrons. The van der Waals surface area contributed by atoms with Crippen molar-refractivity contribution in [2.24, 2.45) is 0 Å². The van der Waals surface area contributed by atoms with Crippen LogP contribution >= 0.6 is 0 Å². The van der Waals surface area contributed by atoms with Crippen molar-refractivity contribution in [3.63, 3.8) is 0 Å². The lowest BCUT2D eigenvalue weighted by molar-refractivity contribution is 0.565. The summed E-state index contributed by atoms with van der Waals surface area (Å²) in [5, 5.41) is 25.4. The van der Waals surface area contributed by atoms with Gasteiger partial charge in [-0.3, -0.25) is 0 Å². The Kier molecular flexibility index (Phi) is 11.7. The number of nitrogens with zero attached hydrogens (tertiary/aromatic N) is 4. The molecule has 2 aromatic heterocycles. The predicted molar refractivity (Wildman–Crippen MR) is 308 cm³/mol. The van der Waals surface area contributed by atoms with Crippen LogP contribution in [0.15, 0.2) is 121 Å². The standard InChI is InChI=1S/C68H74N4/c1-63(2,3)45-27-31-53-49(35-45)50-36-46(64(4,5)6)28-32-54(50)71(53)61-57(43-23-19-41(39-69)20-24-43)59(67(13,14)15)62(60(68(16,17)18)58(61)44-25-21-42(40-70)22-26-44)72-55-33-29-47(65(7,8)9)37-51(55)52-38-48(66(10,11)12)30-34-56(52)72/h19-38H,1-18H3. The number of benzene rings is 7. The molecule has 4 nitrogen and oxygen atoms in total. The number of hydrogen-bond acceptors (Lipinski definition) is 2. The topological polar surface area (TPSA) is 57.4 Å². The van der Waals surface area contributed by atoms with Crippen molar-refractivity contribution in [2.45, 2.75) is 157 Å². The monoisotopic (exact) mass is 947 g/mol. The van der Waals surface area contributed by atoms with Crippen LogP contribution in [0, 0.1) is 22.7 Å². The van der Waals surface area contributed by atoms with E-state index in [1.54, 1.807) is 0 Å². The van der Waals surface area contributed by atoms with Gasteiger partial charge in [0, 0.05) is 32.7 Å². The fourth-order valence-electron chi connectivity index (χ4n) is 11.0. The van der Waals surface area contributed by atoms with Gasteiger partial charge in [0.1, 0.15) is 0 Å². The molecule has 0 spiro atoms. The number of fused-ring (bicyclic) bond motifs is 6. The second-order valence-corrected chi connectivity index (χ2v) is 26.7. The number of aromatic nitrogens is 2. The Balaban J connectivity index is 1.65. The molecule has 0 bridgehead atoms. The van der Waals surface area contributed by atoms with Gasteiger partial charge in [-0.1, -0.05) is 173 Å². The minimum absolute atomic E-state index is 0.0614. The third-order valence-electron chi connectivity index (χ3n) is 15.0. The maximum absolute atomic E-state index is 10.3. The van der Waals surface area contributed by atoms with E-state index in [4.69, 9.17) is 0 Å². The van der Waals surface area contributed by atoms with E-state index in [0.717, 1.165) is 55.7 Å². The Bertz CT molecular complexity index is 3480. The van der Waals surface area contributed by atoms with Crippen LogP contribution in [-0.2, 0) is 32.5 Å². The average Bonchev–Trinajstić information content (AvgIpc) is 3.80. The summed E-state index contributed by atoms with van der Waals surface area (Å²) in [6.07, 6.45) is 0. The Labute approximate surface area is 429 Å². The molecule has 72 heavy (non-hydrogen) atoms. The SMILES string of the molecule is CC(C)(C)c1ccc2c(c1)c1cc(C(C)(C)C)ccc1n2-c1c(-c2ccc(C#N)cc2)c(C(C)(C)C)c(-n2c3ccc(C(C)(C)C)cc3c3cc(C(C)(C)C)ccc32)c(C(C)(C)C)c1-c1ccc(C#N)cc1. The minimum atomic E-state index is -0.437. The molecular formula is C68H74N4. The van der Waals surface area contributed by atoms with E-state index in [1.807, 2.05) is 24.3 Å². The lowest BCUT2D eigenvalue weighted by Gasteiger charge is -2.38. The molecule has 9 aromatic rings. The highest BCUT2D eigenvalue weighted by molar-refractivity contribution is 6.13. The molecule has 0 aliphatic heterocycles. The van der Waals surface area contributed by atoms with E-state index in [9.17, 15) is 10.5 Å². The zero-order valence-corrected chi connectivity index (χ0v) is 46.3. The first-order valence-corrected chi connectivity index (χ1v) is 25.9. The predicted octanol–water partition coefficient (Wildman–Crippen LogP) is 18.7. The highest BCUT2D eigenvalue weighted by Gasteiger charge is 2.39. The molecule has 7 aromatic carbocycles. The van der Waals surface area contributed by atoms with E-state index in [-0.39, 0.29) is 21.7 Å². The van der Waals surface area contributed by atoms with Crippen molar-refractivity contribution in [1.82, 2.24) is 9.13 Å². The number of nitriles is 2. The largest absolute Gasteiger partial charge is 0.309 e. The molecule has 0 aliphatic rings. The molecule has 0 unspecified atom stereocenters. The first-order chi connectivity index (χ1) is 33.4. The summed E-state index contributed by atoms with van der Waals surface area (Å²) in [6.45, 7) is 41.8. The number of hydrogen-bond donors (Lipinski definition) is 0. The van der Waals surface area contributed by atoms with Crippen LogP contribution in [0.2, 0.25) is 0 Å². The second kappa shape index (κ2) is 16.9. The normalized spacial score (nSPS) is 13.1. The van der Waals surface area contributed by atoms with Gasteiger partial charge in [-0.05, 0) is 150 Å². The molecule has 2 heterocycles. The van der Waals surface area contributed by atoms with E-state index < -0.39 is 10.8 Å². The van der Waals surface area contributed by atoms with Gasteiger partial charge in [0.15, 0.2) is 0 Å². The molecule has 0 saturated carbocycles. The molecular weight excluding hydrogens is 873 g/mol. The van der Waals surface area contributed by atoms with Crippen LogP contribution in [0.4, 0.5) is 0 Å². The van der Waals surface area contributed by atoms with Gasteiger partial charge in [-0.2, -0.15) is 10.5 Å². The van der Waals surface area contributed by atoms with Gasteiger partial charge < -0.3 is 9.13 Å².